The number of amides is 2. The van der Waals surface area contributed by atoms with Crippen LogP contribution in [0.25, 0.3) is 5.69 Å². The van der Waals surface area contributed by atoms with Crippen molar-refractivity contribution < 1.29 is 14.7 Å². The summed E-state index contributed by atoms with van der Waals surface area (Å²) in [6.07, 6.45) is 0.585. The molecule has 1 aliphatic heterocycles. The zero-order chi connectivity index (χ0) is 18.8. The third kappa shape index (κ3) is 3.99. The van der Waals surface area contributed by atoms with Gasteiger partial charge >= 0.3 is 12.0 Å². The number of hydrogen-bond donors (Lipinski definition) is 2. The molecule has 2 heterocycles. The zero-order valence-electron chi connectivity index (χ0n) is 14.6. The van der Waals surface area contributed by atoms with Gasteiger partial charge in [-0.25, -0.2) is 9.48 Å². The van der Waals surface area contributed by atoms with Crippen molar-refractivity contribution in [3.8, 4) is 5.69 Å². The zero-order valence-corrected chi connectivity index (χ0v) is 15.4. The summed E-state index contributed by atoms with van der Waals surface area (Å²) in [5.74, 6) is -0.843. The van der Waals surface area contributed by atoms with E-state index in [1.165, 1.54) is 0 Å². The lowest BCUT2D eigenvalue weighted by atomic mass is 9.91. The van der Waals surface area contributed by atoms with Crippen molar-refractivity contribution in [2.24, 2.45) is 11.8 Å². The lowest BCUT2D eigenvalue weighted by molar-refractivity contribution is -0.143. The van der Waals surface area contributed by atoms with E-state index in [4.69, 9.17) is 11.6 Å². The molecule has 0 aliphatic carbocycles. The van der Waals surface area contributed by atoms with Crippen molar-refractivity contribution in [3.05, 3.63) is 41.0 Å². The van der Waals surface area contributed by atoms with Gasteiger partial charge in [-0.2, -0.15) is 0 Å². The summed E-state index contributed by atoms with van der Waals surface area (Å²) in [5.41, 5.74) is 1.64. The molecule has 2 atom stereocenters. The van der Waals surface area contributed by atoms with E-state index in [1.54, 1.807) is 27.8 Å². The maximum atomic E-state index is 12.5. The molecule has 1 aliphatic rings. The molecule has 0 radical (unpaired) electrons. The molecule has 26 heavy (non-hydrogen) atoms. The van der Waals surface area contributed by atoms with Crippen molar-refractivity contribution in [1.29, 1.82) is 0 Å². The van der Waals surface area contributed by atoms with Crippen LogP contribution < -0.4 is 5.32 Å². The van der Waals surface area contributed by atoms with Gasteiger partial charge in [-0.3, -0.25) is 10.1 Å². The number of hydrogen-bond acceptors (Lipinski definition) is 3. The van der Waals surface area contributed by atoms with Crippen molar-refractivity contribution in [2.75, 3.05) is 18.4 Å². The molecule has 3 rings (SSSR count). The molecule has 0 bridgehead atoms. The van der Waals surface area contributed by atoms with Crippen LogP contribution in [0.15, 0.2) is 30.3 Å². The highest BCUT2D eigenvalue weighted by molar-refractivity contribution is 6.30. The van der Waals surface area contributed by atoms with Crippen molar-refractivity contribution in [3.63, 3.8) is 0 Å². The maximum Gasteiger partial charge on any atom is 0.323 e. The number of carbonyl (C=O) groups excluding carboxylic acids is 1. The molecule has 1 aromatic heterocycles. The van der Waals surface area contributed by atoms with Crippen molar-refractivity contribution >= 4 is 29.4 Å². The Kier molecular flexibility index (Phi) is 5.18. The minimum Gasteiger partial charge on any atom is -0.481 e. The summed E-state index contributed by atoms with van der Waals surface area (Å²) in [6, 6.07) is 8.71. The maximum absolute atomic E-state index is 12.5. The Morgan fingerprint density at radius 1 is 1.31 bits per heavy atom. The van der Waals surface area contributed by atoms with Crippen molar-refractivity contribution in [2.45, 2.75) is 20.3 Å². The monoisotopic (exact) mass is 376 g/mol. The predicted molar refractivity (Wildman–Crippen MR) is 98.8 cm³/mol. The summed E-state index contributed by atoms with van der Waals surface area (Å²) in [6.45, 7) is 4.57. The van der Waals surface area contributed by atoms with Crippen LogP contribution in [0, 0.1) is 18.8 Å². The van der Waals surface area contributed by atoms with E-state index in [0.717, 1.165) is 11.4 Å². The highest BCUT2D eigenvalue weighted by atomic mass is 35.5. The first-order chi connectivity index (χ1) is 12.3. The quantitative estimate of drug-likeness (QED) is 0.859. The molecule has 2 aromatic rings. The van der Waals surface area contributed by atoms with Crippen LogP contribution in [-0.2, 0) is 4.79 Å². The lowest BCUT2D eigenvalue weighted by Crippen LogP contribution is -2.47. The highest BCUT2D eigenvalue weighted by Gasteiger charge is 2.32. The number of urea groups is 1. The summed E-state index contributed by atoms with van der Waals surface area (Å²) >= 11 is 6.03. The average Bonchev–Trinajstić information content (AvgIpc) is 2.94. The highest BCUT2D eigenvalue weighted by Crippen LogP contribution is 2.23. The Labute approximate surface area is 156 Å². The molecule has 8 heteroatoms. The number of piperidine rings is 1. The second-order valence-corrected chi connectivity index (χ2v) is 7.21. The molecule has 0 saturated carbocycles. The van der Waals surface area contributed by atoms with E-state index in [1.807, 2.05) is 26.0 Å². The van der Waals surface area contributed by atoms with Gasteiger partial charge in [-0.1, -0.05) is 24.6 Å². The Hall–Kier alpha value is -2.54. The summed E-state index contributed by atoms with van der Waals surface area (Å²) in [4.78, 5) is 25.4. The molecule has 0 spiro atoms. The number of aromatic nitrogens is 2. The van der Waals surface area contributed by atoms with Gasteiger partial charge in [-0.15, -0.1) is 5.10 Å². The number of anilines is 1. The summed E-state index contributed by atoms with van der Waals surface area (Å²) < 4.78 is 1.69. The molecule has 2 N–H and O–H groups in total. The molecular weight excluding hydrogens is 356 g/mol. The first-order valence-electron chi connectivity index (χ1n) is 8.45. The minimum absolute atomic E-state index is 0.140. The minimum atomic E-state index is -0.865. The second-order valence-electron chi connectivity index (χ2n) is 6.77. The number of nitrogens with zero attached hydrogens (tertiary/aromatic N) is 3. The van der Waals surface area contributed by atoms with Crippen LogP contribution in [-0.4, -0.2) is 44.9 Å². The molecular formula is C18H21ClN4O3. The fourth-order valence-electron chi connectivity index (χ4n) is 3.29. The number of carbonyl (C=O) groups is 2. The smallest absolute Gasteiger partial charge is 0.323 e. The van der Waals surface area contributed by atoms with Gasteiger partial charge in [0.1, 0.15) is 0 Å². The van der Waals surface area contributed by atoms with Gasteiger partial charge in [0.05, 0.1) is 11.6 Å². The van der Waals surface area contributed by atoms with Crippen LogP contribution in [0.5, 0.6) is 0 Å². The van der Waals surface area contributed by atoms with Crippen molar-refractivity contribution in [1.82, 2.24) is 14.7 Å². The normalized spacial score (nSPS) is 20.0. The SMILES string of the molecule is Cc1cc(NC(=O)N2CC(C)CC(C(=O)O)C2)nn1-c1cccc(Cl)c1. The number of halogens is 1. The molecule has 1 aromatic carbocycles. The van der Waals surface area contributed by atoms with E-state index in [2.05, 4.69) is 10.4 Å². The lowest BCUT2D eigenvalue weighted by Gasteiger charge is -2.34. The third-order valence-electron chi connectivity index (χ3n) is 4.47. The average molecular weight is 377 g/mol. The second kappa shape index (κ2) is 7.37. The van der Waals surface area contributed by atoms with Gasteiger partial charge in [0, 0.05) is 29.9 Å². The number of carboxylic acids is 1. The number of carboxylic acid groups (broad SMARTS) is 1. The van der Waals surface area contributed by atoms with Gasteiger partial charge in [-0.05, 0) is 37.5 Å². The molecule has 2 amide bonds. The fraction of sp³-hybridized carbons (Fsp3) is 0.389. The molecule has 2 unspecified atom stereocenters. The first-order valence-corrected chi connectivity index (χ1v) is 8.82. The van der Waals surface area contributed by atoms with E-state index in [-0.39, 0.29) is 18.5 Å². The number of benzene rings is 1. The van der Waals surface area contributed by atoms with E-state index >= 15 is 0 Å². The summed E-state index contributed by atoms with van der Waals surface area (Å²) in [7, 11) is 0. The Bertz CT molecular complexity index is 836. The number of likely N-dealkylation sites (tertiary alicyclic amines) is 1. The number of nitrogens with one attached hydrogen (secondary N) is 1. The number of aliphatic carboxylic acids is 1. The molecule has 7 nitrogen and oxygen atoms in total. The Balaban J connectivity index is 1.74. The van der Waals surface area contributed by atoms with Gasteiger partial charge in [0.15, 0.2) is 5.82 Å². The largest absolute Gasteiger partial charge is 0.481 e. The first kappa shape index (κ1) is 18.3. The molecule has 138 valence electrons. The Morgan fingerprint density at radius 2 is 2.08 bits per heavy atom. The standard InChI is InChI=1S/C18H21ClN4O3/c1-11-6-13(17(24)25)10-22(9-11)18(26)20-16-7-12(2)23(21-16)15-5-3-4-14(19)8-15/h3-5,7-8,11,13H,6,9-10H2,1-2H3,(H,24,25)(H,20,21,26). The van der Waals surface area contributed by atoms with Crippen LogP contribution >= 0.6 is 11.6 Å². The van der Waals surface area contributed by atoms with Gasteiger partial charge in [0.2, 0.25) is 0 Å². The number of rotatable bonds is 3. The van der Waals surface area contributed by atoms with E-state index in [0.29, 0.717) is 23.8 Å². The fourth-order valence-corrected chi connectivity index (χ4v) is 3.47. The number of aryl methyl sites for hydroxylation is 1. The van der Waals surface area contributed by atoms with E-state index in [9.17, 15) is 14.7 Å². The van der Waals surface area contributed by atoms with Gasteiger partial charge in [0.25, 0.3) is 0 Å². The molecule has 1 saturated heterocycles. The van der Waals surface area contributed by atoms with Crippen LogP contribution in [0.1, 0.15) is 19.0 Å². The molecule has 1 fully saturated rings. The van der Waals surface area contributed by atoms with E-state index < -0.39 is 11.9 Å². The topological polar surface area (TPSA) is 87.5 Å². The van der Waals surface area contributed by atoms with Gasteiger partial charge < -0.3 is 10.0 Å². The van der Waals surface area contributed by atoms with Crippen LogP contribution in [0.3, 0.4) is 0 Å². The summed E-state index contributed by atoms with van der Waals surface area (Å²) in [5, 5.41) is 17.0. The third-order valence-corrected chi connectivity index (χ3v) is 4.71. The predicted octanol–water partition coefficient (Wildman–Crippen LogP) is 3.41. The van der Waals surface area contributed by atoms with Crippen LogP contribution in [0.2, 0.25) is 5.02 Å². The Morgan fingerprint density at radius 3 is 2.77 bits per heavy atom. The van der Waals surface area contributed by atoms with Crippen LogP contribution in [0.4, 0.5) is 10.6 Å².